The molecule has 2 aliphatic rings. The molecule has 0 bridgehead atoms. The highest BCUT2D eigenvalue weighted by Crippen LogP contribution is 2.27. The van der Waals surface area contributed by atoms with Crippen LogP contribution in [0.5, 0.6) is 0 Å². The van der Waals surface area contributed by atoms with E-state index in [1.807, 2.05) is 12.1 Å². The van der Waals surface area contributed by atoms with E-state index >= 15 is 0 Å². The molecule has 2 aliphatic heterocycles. The topological polar surface area (TPSA) is 102 Å². The van der Waals surface area contributed by atoms with Crippen molar-refractivity contribution in [1.82, 2.24) is 14.8 Å². The number of hydrogen-bond acceptors (Lipinski definition) is 8. The highest BCUT2D eigenvalue weighted by molar-refractivity contribution is 7.90. The molecule has 2 aromatic rings. The van der Waals surface area contributed by atoms with Gasteiger partial charge in [0.2, 0.25) is 5.76 Å². The zero-order valence-corrected chi connectivity index (χ0v) is 17.9. The Kier molecular flexibility index (Phi) is 5.67. The second-order valence-corrected chi connectivity index (χ2v) is 9.74. The number of morpholine rings is 2. The Morgan fingerprint density at radius 3 is 2.47 bits per heavy atom. The van der Waals surface area contributed by atoms with Crippen LogP contribution in [0.25, 0.3) is 0 Å². The summed E-state index contributed by atoms with van der Waals surface area (Å²) in [5.41, 5.74) is 1.56. The van der Waals surface area contributed by atoms with Crippen molar-refractivity contribution < 1.29 is 27.1 Å². The number of rotatable bonds is 4. The van der Waals surface area contributed by atoms with E-state index in [9.17, 15) is 13.2 Å². The summed E-state index contributed by atoms with van der Waals surface area (Å²) in [6.07, 6.45) is 2.47. The first kappa shape index (κ1) is 21.0. The van der Waals surface area contributed by atoms with Crippen molar-refractivity contribution in [2.45, 2.75) is 24.2 Å². The van der Waals surface area contributed by atoms with Crippen LogP contribution in [-0.2, 0) is 25.9 Å². The maximum atomic E-state index is 12.8. The molecule has 1 spiro atoms. The van der Waals surface area contributed by atoms with Crippen LogP contribution in [0.4, 0.5) is 0 Å². The monoisotopic (exact) mass is 435 g/mol. The molecular weight excluding hydrogens is 410 g/mol. The summed E-state index contributed by atoms with van der Waals surface area (Å²) in [5, 5.41) is 0. The fraction of sp³-hybridized carbons (Fsp3) is 0.500. The predicted octanol–water partition coefficient (Wildman–Crippen LogP) is 1.09. The lowest BCUT2D eigenvalue weighted by Crippen LogP contribution is -2.62. The van der Waals surface area contributed by atoms with Gasteiger partial charge >= 0.3 is 0 Å². The summed E-state index contributed by atoms with van der Waals surface area (Å²) in [6, 6.07) is 6.89. The second kappa shape index (κ2) is 8.10. The number of carbonyl (C=O) groups is 1. The van der Waals surface area contributed by atoms with Gasteiger partial charge in [-0.3, -0.25) is 9.69 Å². The van der Waals surface area contributed by atoms with Gasteiger partial charge in [0.05, 0.1) is 36.9 Å². The van der Waals surface area contributed by atoms with Crippen molar-refractivity contribution in [3.05, 3.63) is 47.7 Å². The number of oxazole rings is 1. The Labute approximate surface area is 175 Å². The molecule has 2 saturated heterocycles. The Morgan fingerprint density at radius 1 is 1.13 bits per heavy atom. The quantitative estimate of drug-likeness (QED) is 0.703. The summed E-state index contributed by atoms with van der Waals surface area (Å²) in [5.74, 6) is -0.872. The molecule has 0 saturated carbocycles. The number of aryl methyl sites for hydroxylation is 1. The highest BCUT2D eigenvalue weighted by Gasteiger charge is 2.44. The van der Waals surface area contributed by atoms with Crippen molar-refractivity contribution in [2.24, 2.45) is 0 Å². The maximum absolute atomic E-state index is 12.8. The molecule has 2 fully saturated rings. The molecule has 1 amide bonds. The van der Waals surface area contributed by atoms with Crippen molar-refractivity contribution in [2.75, 3.05) is 45.6 Å². The van der Waals surface area contributed by atoms with E-state index in [4.69, 9.17) is 13.9 Å². The summed E-state index contributed by atoms with van der Waals surface area (Å²) in [6.45, 7) is 5.19. The van der Waals surface area contributed by atoms with Crippen LogP contribution < -0.4 is 0 Å². The summed E-state index contributed by atoms with van der Waals surface area (Å²) in [4.78, 5) is 21.0. The van der Waals surface area contributed by atoms with Gasteiger partial charge in [0.15, 0.2) is 22.0 Å². The Balaban J connectivity index is 1.43. The maximum Gasteiger partial charge on any atom is 0.291 e. The predicted molar refractivity (Wildman–Crippen MR) is 107 cm³/mol. The van der Waals surface area contributed by atoms with Gasteiger partial charge < -0.3 is 18.8 Å². The minimum absolute atomic E-state index is 0.218. The fourth-order valence-electron chi connectivity index (χ4n) is 3.83. The van der Waals surface area contributed by atoms with Crippen LogP contribution in [0.2, 0.25) is 0 Å². The standard InChI is InChI=1S/C20H25N3O6S/c1-15-18(27-14-21-15)19(24)23-8-10-29-20(13-23)12-22(7-9-28-20)11-16-3-5-17(6-4-16)30(2,25)26/h3-6,14H,7-13H2,1-2H3. The van der Waals surface area contributed by atoms with Crippen molar-refractivity contribution >= 4 is 15.7 Å². The van der Waals surface area contributed by atoms with E-state index in [-0.39, 0.29) is 11.7 Å². The molecule has 0 radical (unpaired) electrons. The molecule has 0 N–H and O–H groups in total. The number of amides is 1. The lowest BCUT2D eigenvalue weighted by Gasteiger charge is -2.47. The zero-order chi connectivity index (χ0) is 21.4. The number of benzene rings is 1. The van der Waals surface area contributed by atoms with E-state index in [0.717, 1.165) is 5.56 Å². The van der Waals surface area contributed by atoms with Gasteiger partial charge in [-0.1, -0.05) is 12.1 Å². The smallest absolute Gasteiger partial charge is 0.291 e. The molecule has 10 heteroatoms. The minimum Gasteiger partial charge on any atom is -0.438 e. The average molecular weight is 436 g/mol. The van der Waals surface area contributed by atoms with Crippen molar-refractivity contribution in [3.63, 3.8) is 0 Å². The van der Waals surface area contributed by atoms with Crippen LogP contribution in [-0.4, -0.2) is 80.5 Å². The van der Waals surface area contributed by atoms with E-state index in [1.54, 1.807) is 24.0 Å². The van der Waals surface area contributed by atoms with Crippen LogP contribution in [0.1, 0.15) is 21.8 Å². The normalized spacial score (nSPS) is 23.1. The molecule has 1 aromatic heterocycles. The summed E-state index contributed by atoms with van der Waals surface area (Å²) in [7, 11) is -3.21. The third kappa shape index (κ3) is 4.41. The largest absolute Gasteiger partial charge is 0.438 e. The van der Waals surface area contributed by atoms with Crippen LogP contribution in [0.15, 0.2) is 40.0 Å². The highest BCUT2D eigenvalue weighted by atomic mass is 32.2. The average Bonchev–Trinajstić information content (AvgIpc) is 3.13. The third-order valence-corrected chi connectivity index (χ3v) is 6.51. The molecule has 1 unspecified atom stereocenters. The van der Waals surface area contributed by atoms with Gasteiger partial charge in [-0.15, -0.1) is 0 Å². The first-order chi connectivity index (χ1) is 14.3. The molecule has 1 aromatic carbocycles. The lowest BCUT2D eigenvalue weighted by molar-refractivity contribution is -0.287. The van der Waals surface area contributed by atoms with Gasteiger partial charge in [-0.25, -0.2) is 13.4 Å². The lowest BCUT2D eigenvalue weighted by atomic mass is 10.1. The molecule has 162 valence electrons. The fourth-order valence-corrected chi connectivity index (χ4v) is 4.46. The first-order valence-electron chi connectivity index (χ1n) is 9.74. The van der Waals surface area contributed by atoms with Crippen molar-refractivity contribution in [3.8, 4) is 0 Å². The number of sulfone groups is 1. The van der Waals surface area contributed by atoms with Crippen LogP contribution in [0, 0.1) is 6.92 Å². The molecule has 1 atom stereocenters. The van der Waals surface area contributed by atoms with E-state index in [0.29, 0.717) is 56.5 Å². The molecular formula is C20H25N3O6S. The van der Waals surface area contributed by atoms with Gasteiger partial charge in [0, 0.05) is 25.9 Å². The Hall–Kier alpha value is -2.27. The third-order valence-electron chi connectivity index (χ3n) is 5.38. The van der Waals surface area contributed by atoms with E-state index in [1.165, 1.54) is 12.6 Å². The van der Waals surface area contributed by atoms with E-state index < -0.39 is 15.6 Å². The zero-order valence-electron chi connectivity index (χ0n) is 17.0. The number of hydrogen-bond donors (Lipinski definition) is 0. The van der Waals surface area contributed by atoms with Gasteiger partial charge in [-0.05, 0) is 24.6 Å². The molecule has 4 rings (SSSR count). The number of ether oxygens (including phenoxy) is 2. The van der Waals surface area contributed by atoms with Crippen LogP contribution >= 0.6 is 0 Å². The van der Waals surface area contributed by atoms with Gasteiger partial charge in [0.25, 0.3) is 5.91 Å². The molecule has 3 heterocycles. The van der Waals surface area contributed by atoms with Gasteiger partial charge in [-0.2, -0.15) is 0 Å². The van der Waals surface area contributed by atoms with Gasteiger partial charge in [0.1, 0.15) is 0 Å². The SMILES string of the molecule is Cc1ncoc1C(=O)N1CCOC2(CN(Cc3ccc(S(C)(=O)=O)cc3)CCO2)C1. The van der Waals surface area contributed by atoms with Crippen LogP contribution in [0.3, 0.4) is 0 Å². The number of nitrogens with zero attached hydrogens (tertiary/aromatic N) is 3. The second-order valence-electron chi connectivity index (χ2n) is 7.73. The Bertz CT molecular complexity index is 1020. The molecule has 9 nitrogen and oxygen atoms in total. The number of aromatic nitrogens is 1. The number of carbonyl (C=O) groups excluding carboxylic acids is 1. The van der Waals surface area contributed by atoms with E-state index in [2.05, 4.69) is 9.88 Å². The first-order valence-corrected chi connectivity index (χ1v) is 11.6. The molecule has 30 heavy (non-hydrogen) atoms. The Morgan fingerprint density at radius 2 is 1.83 bits per heavy atom. The van der Waals surface area contributed by atoms with Crippen molar-refractivity contribution in [1.29, 1.82) is 0 Å². The summed E-state index contributed by atoms with van der Waals surface area (Å²) < 4.78 is 40.5. The minimum atomic E-state index is -3.21. The summed E-state index contributed by atoms with van der Waals surface area (Å²) >= 11 is 0. The molecule has 0 aliphatic carbocycles.